The highest BCUT2D eigenvalue weighted by Crippen LogP contribution is 2.32. The molecule has 162 valence electrons. The summed E-state index contributed by atoms with van der Waals surface area (Å²) < 4.78 is 5.52. The topological polar surface area (TPSA) is 92.1 Å². The van der Waals surface area contributed by atoms with Crippen LogP contribution in [0.25, 0.3) is 11.0 Å². The number of rotatable bonds is 4. The monoisotopic (exact) mass is 420 g/mol. The molecule has 2 aliphatic heterocycles. The summed E-state index contributed by atoms with van der Waals surface area (Å²) in [5.74, 6) is 1.24. The molecule has 0 radical (unpaired) electrons. The number of nitrogens with zero attached hydrogens (tertiary/aromatic N) is 5. The molecule has 0 spiro atoms. The molecule has 0 bridgehead atoms. The molecule has 2 aromatic rings. The highest BCUT2D eigenvalue weighted by atomic mass is 16.5. The summed E-state index contributed by atoms with van der Waals surface area (Å²) in [6.45, 7) is 3.37. The first kappa shape index (κ1) is 20.1. The van der Waals surface area contributed by atoms with Crippen LogP contribution in [-0.2, 0) is 16.0 Å². The summed E-state index contributed by atoms with van der Waals surface area (Å²) in [4.78, 5) is 32.1. The molecular formula is C23H28N6O2. The van der Waals surface area contributed by atoms with Gasteiger partial charge in [-0.05, 0) is 55.7 Å². The number of hydrogen-bond donors (Lipinski definition) is 1. The predicted molar refractivity (Wildman–Crippen MR) is 121 cm³/mol. The molecule has 3 heterocycles. The van der Waals surface area contributed by atoms with Gasteiger partial charge in [0.1, 0.15) is 5.84 Å². The van der Waals surface area contributed by atoms with Gasteiger partial charge in [-0.1, -0.05) is 0 Å². The Morgan fingerprint density at radius 3 is 2.71 bits per heavy atom. The Bertz CT molecular complexity index is 1010. The fraction of sp³-hybridized carbons (Fsp3) is 0.522. The number of carbonyl (C=O) groups excluding carboxylic acids is 1. The standard InChI is InChI=1S/C23H28N6O2/c30-22-14-21(26-15-27-22)28-18-3-1-16(2-4-18)11-17-12-19(29-7-9-31-10-8-29)13-20-23(17)25-6-5-24-20/h5-6,12-13,15-16,18H,1-4,7-11,14H2,(H,26,27,28,30). The highest BCUT2D eigenvalue weighted by molar-refractivity contribution is 6.10. The van der Waals surface area contributed by atoms with Crippen molar-refractivity contribution in [2.24, 2.45) is 15.9 Å². The van der Waals surface area contributed by atoms with Gasteiger partial charge in [0, 0.05) is 31.2 Å². The summed E-state index contributed by atoms with van der Waals surface area (Å²) in [6, 6.07) is 4.74. The van der Waals surface area contributed by atoms with Crippen LogP contribution in [-0.4, -0.2) is 60.4 Å². The zero-order chi connectivity index (χ0) is 21.0. The van der Waals surface area contributed by atoms with Gasteiger partial charge in [-0.3, -0.25) is 19.8 Å². The second-order valence-corrected chi connectivity index (χ2v) is 8.55. The van der Waals surface area contributed by atoms with Crippen LogP contribution in [0.2, 0.25) is 0 Å². The van der Waals surface area contributed by atoms with E-state index in [0.717, 1.165) is 69.4 Å². The third kappa shape index (κ3) is 4.74. The smallest absolute Gasteiger partial charge is 0.232 e. The lowest BCUT2D eigenvalue weighted by molar-refractivity contribution is -0.118. The maximum absolute atomic E-state index is 11.5. The van der Waals surface area contributed by atoms with Gasteiger partial charge >= 0.3 is 0 Å². The number of amidine groups is 1. The van der Waals surface area contributed by atoms with E-state index in [2.05, 4.69) is 37.3 Å². The molecule has 8 heteroatoms. The van der Waals surface area contributed by atoms with Crippen LogP contribution >= 0.6 is 0 Å². The summed E-state index contributed by atoms with van der Waals surface area (Å²) >= 11 is 0. The number of hydrogen-bond acceptors (Lipinski definition) is 6. The number of anilines is 1. The van der Waals surface area contributed by atoms with E-state index >= 15 is 0 Å². The van der Waals surface area contributed by atoms with Crippen molar-refractivity contribution in [2.45, 2.75) is 44.6 Å². The first-order chi connectivity index (χ1) is 15.2. The maximum atomic E-state index is 11.5. The van der Waals surface area contributed by atoms with Crippen LogP contribution in [0.1, 0.15) is 37.7 Å². The quantitative estimate of drug-likeness (QED) is 0.821. The molecule has 1 aliphatic carbocycles. The Balaban J connectivity index is 1.29. The third-order valence-corrected chi connectivity index (χ3v) is 6.43. The van der Waals surface area contributed by atoms with E-state index in [1.807, 2.05) is 0 Å². The van der Waals surface area contributed by atoms with Crippen LogP contribution < -0.4 is 10.2 Å². The zero-order valence-electron chi connectivity index (χ0n) is 17.7. The largest absolute Gasteiger partial charge is 0.378 e. The van der Waals surface area contributed by atoms with E-state index in [1.54, 1.807) is 12.4 Å². The van der Waals surface area contributed by atoms with Crippen LogP contribution in [0.3, 0.4) is 0 Å². The predicted octanol–water partition coefficient (Wildman–Crippen LogP) is 2.51. The molecule has 0 atom stereocenters. The highest BCUT2D eigenvalue weighted by Gasteiger charge is 2.24. The molecule has 1 aromatic carbocycles. The van der Waals surface area contributed by atoms with Gasteiger partial charge in [0.25, 0.3) is 0 Å². The van der Waals surface area contributed by atoms with Crippen LogP contribution in [0.4, 0.5) is 5.69 Å². The number of morpholine rings is 1. The minimum absolute atomic E-state index is 0.0319. The van der Waals surface area contributed by atoms with Crippen LogP contribution in [0, 0.1) is 5.92 Å². The van der Waals surface area contributed by atoms with Crippen LogP contribution in [0.5, 0.6) is 0 Å². The Kier molecular flexibility index (Phi) is 5.88. The van der Waals surface area contributed by atoms with Crippen molar-refractivity contribution in [3.8, 4) is 0 Å². The van der Waals surface area contributed by atoms with Gasteiger partial charge in [0.2, 0.25) is 5.91 Å². The summed E-state index contributed by atoms with van der Waals surface area (Å²) in [7, 11) is 0. The number of aromatic nitrogens is 2. The van der Waals surface area contributed by atoms with Crippen molar-refractivity contribution >= 4 is 34.8 Å². The average Bonchev–Trinajstić information content (AvgIpc) is 2.81. The fourth-order valence-electron chi connectivity index (χ4n) is 4.79. The SMILES string of the molecule is O=C1CC(=NC2CCC(Cc3cc(N4CCOCC4)cc4nccnc34)CC2)N=CN1. The molecule has 8 nitrogen and oxygen atoms in total. The van der Waals surface area contributed by atoms with Gasteiger partial charge in [-0.2, -0.15) is 0 Å². The first-order valence-corrected chi connectivity index (χ1v) is 11.2. The van der Waals surface area contributed by atoms with Crippen molar-refractivity contribution in [2.75, 3.05) is 31.2 Å². The number of amides is 1. The third-order valence-electron chi connectivity index (χ3n) is 6.43. The van der Waals surface area contributed by atoms with Gasteiger partial charge in [-0.25, -0.2) is 4.99 Å². The minimum atomic E-state index is -0.0319. The van der Waals surface area contributed by atoms with Crippen molar-refractivity contribution < 1.29 is 9.53 Å². The molecule has 1 amide bonds. The van der Waals surface area contributed by atoms with Crippen molar-refractivity contribution in [3.05, 3.63) is 30.1 Å². The summed E-state index contributed by atoms with van der Waals surface area (Å²) in [5.41, 5.74) is 4.50. The molecule has 31 heavy (non-hydrogen) atoms. The summed E-state index contributed by atoms with van der Waals surface area (Å²) in [5, 5.41) is 2.59. The number of nitrogens with one attached hydrogen (secondary N) is 1. The molecule has 1 aromatic heterocycles. The number of aliphatic imine (C=N–C) groups is 2. The first-order valence-electron chi connectivity index (χ1n) is 11.2. The Labute approximate surface area is 181 Å². The Morgan fingerprint density at radius 2 is 1.90 bits per heavy atom. The van der Waals surface area contributed by atoms with E-state index in [9.17, 15) is 4.79 Å². The lowest BCUT2D eigenvalue weighted by atomic mass is 9.82. The number of fused-ring (bicyclic) bond motifs is 1. The average molecular weight is 421 g/mol. The second-order valence-electron chi connectivity index (χ2n) is 8.55. The minimum Gasteiger partial charge on any atom is -0.378 e. The second kappa shape index (κ2) is 9.09. The molecule has 1 saturated heterocycles. The van der Waals surface area contributed by atoms with E-state index in [4.69, 9.17) is 9.73 Å². The van der Waals surface area contributed by atoms with E-state index in [-0.39, 0.29) is 18.4 Å². The van der Waals surface area contributed by atoms with Crippen molar-refractivity contribution in [1.29, 1.82) is 0 Å². The van der Waals surface area contributed by atoms with Gasteiger partial charge in [0.15, 0.2) is 0 Å². The van der Waals surface area contributed by atoms with Crippen LogP contribution in [0.15, 0.2) is 34.5 Å². The fourth-order valence-corrected chi connectivity index (χ4v) is 4.79. The van der Waals surface area contributed by atoms with Gasteiger partial charge in [-0.15, -0.1) is 0 Å². The summed E-state index contributed by atoms with van der Waals surface area (Å²) in [6.07, 6.45) is 10.6. The van der Waals surface area contributed by atoms with Gasteiger partial charge < -0.3 is 15.0 Å². The molecule has 1 N–H and O–H groups in total. The van der Waals surface area contributed by atoms with E-state index < -0.39 is 0 Å². The molecule has 2 fully saturated rings. The Hall–Kier alpha value is -2.87. The molecule has 5 rings (SSSR count). The normalized spacial score (nSPS) is 25.7. The molecular weight excluding hydrogens is 392 g/mol. The molecule has 0 unspecified atom stereocenters. The van der Waals surface area contributed by atoms with E-state index in [0.29, 0.717) is 11.8 Å². The Morgan fingerprint density at radius 1 is 1.10 bits per heavy atom. The maximum Gasteiger partial charge on any atom is 0.232 e. The number of benzene rings is 1. The lowest BCUT2D eigenvalue weighted by Crippen LogP contribution is -2.36. The number of carbonyl (C=O) groups is 1. The van der Waals surface area contributed by atoms with Crippen molar-refractivity contribution in [3.63, 3.8) is 0 Å². The zero-order valence-corrected chi connectivity index (χ0v) is 17.7. The van der Waals surface area contributed by atoms with E-state index in [1.165, 1.54) is 17.6 Å². The van der Waals surface area contributed by atoms with Crippen molar-refractivity contribution in [1.82, 2.24) is 15.3 Å². The molecule has 3 aliphatic rings. The lowest BCUT2D eigenvalue weighted by Gasteiger charge is -2.30. The van der Waals surface area contributed by atoms with Gasteiger partial charge in [0.05, 0.1) is 43.0 Å². The number of ether oxygens (including phenoxy) is 1. The molecule has 1 saturated carbocycles.